The Morgan fingerprint density at radius 1 is 1.36 bits per heavy atom. The zero-order valence-corrected chi connectivity index (χ0v) is 13.7. The number of hydrogen-bond donors (Lipinski definition) is 3. The smallest absolute Gasteiger partial charge is 0.253 e. The number of hydrogen-bond acceptors (Lipinski definition) is 5. The Bertz CT molecular complexity index is 1090. The van der Waals surface area contributed by atoms with Crippen LogP contribution in [0.25, 0.3) is 28.0 Å². The van der Waals surface area contributed by atoms with Gasteiger partial charge in [0.15, 0.2) is 0 Å². The van der Waals surface area contributed by atoms with E-state index in [1.807, 2.05) is 31.6 Å². The van der Waals surface area contributed by atoms with Crippen LogP contribution in [0.4, 0.5) is 5.82 Å². The van der Waals surface area contributed by atoms with Crippen molar-refractivity contribution in [1.29, 1.82) is 0 Å². The molecule has 126 valence electrons. The van der Waals surface area contributed by atoms with Gasteiger partial charge in [-0.3, -0.25) is 9.48 Å². The molecule has 4 rings (SSSR count). The minimum Gasteiger partial charge on any atom is -0.382 e. The molecule has 4 aromatic rings. The minimum atomic E-state index is -0.219. The van der Waals surface area contributed by atoms with E-state index in [1.54, 1.807) is 22.6 Å². The average molecular weight is 336 g/mol. The number of rotatable bonds is 3. The lowest BCUT2D eigenvalue weighted by Crippen LogP contribution is -2.18. The number of aromatic amines is 1. The number of fused-ring (bicyclic) bond motifs is 1. The molecule has 0 atom stereocenters. The fourth-order valence-corrected chi connectivity index (χ4v) is 2.73. The van der Waals surface area contributed by atoms with Gasteiger partial charge in [0.25, 0.3) is 5.91 Å². The standard InChI is InChI=1S/C16H16N8O/c1-18-16(25)11-7-19-15(17)14-10(11)5-13(21-14)12-3-4-24(22-12)9-6-20-23(2)8-9/h3-8,21H,1-2H3,(H2,17,19)(H,18,25). The summed E-state index contributed by atoms with van der Waals surface area (Å²) in [6, 6.07) is 3.73. The van der Waals surface area contributed by atoms with E-state index in [9.17, 15) is 4.79 Å². The van der Waals surface area contributed by atoms with Crippen molar-refractivity contribution in [2.24, 2.45) is 7.05 Å². The van der Waals surface area contributed by atoms with Gasteiger partial charge in [0, 0.05) is 31.9 Å². The fraction of sp³-hybridized carbons (Fsp3) is 0.125. The maximum atomic E-state index is 12.0. The van der Waals surface area contributed by atoms with Gasteiger partial charge in [0.1, 0.15) is 17.2 Å². The van der Waals surface area contributed by atoms with Crippen molar-refractivity contribution in [1.82, 2.24) is 34.8 Å². The Morgan fingerprint density at radius 3 is 2.92 bits per heavy atom. The Morgan fingerprint density at radius 2 is 2.20 bits per heavy atom. The van der Waals surface area contributed by atoms with Gasteiger partial charge in [-0.1, -0.05) is 0 Å². The number of H-pyrrole nitrogens is 1. The van der Waals surface area contributed by atoms with E-state index in [2.05, 4.69) is 25.5 Å². The molecule has 0 radical (unpaired) electrons. The summed E-state index contributed by atoms with van der Waals surface area (Å²) in [4.78, 5) is 19.3. The summed E-state index contributed by atoms with van der Waals surface area (Å²) >= 11 is 0. The van der Waals surface area contributed by atoms with E-state index < -0.39 is 0 Å². The normalized spacial score (nSPS) is 11.1. The number of nitrogens with one attached hydrogen (secondary N) is 2. The van der Waals surface area contributed by atoms with Gasteiger partial charge in [-0.25, -0.2) is 9.67 Å². The second-order valence-corrected chi connectivity index (χ2v) is 5.63. The third-order valence-corrected chi connectivity index (χ3v) is 3.99. The number of pyridine rings is 1. The number of aromatic nitrogens is 6. The molecule has 0 spiro atoms. The zero-order valence-electron chi connectivity index (χ0n) is 13.7. The van der Waals surface area contributed by atoms with Crippen LogP contribution in [0.3, 0.4) is 0 Å². The molecule has 0 saturated carbocycles. The van der Waals surface area contributed by atoms with Crippen LogP contribution >= 0.6 is 0 Å². The highest BCUT2D eigenvalue weighted by Gasteiger charge is 2.16. The van der Waals surface area contributed by atoms with Crippen molar-refractivity contribution >= 4 is 22.6 Å². The third-order valence-electron chi connectivity index (χ3n) is 3.99. The first kappa shape index (κ1) is 14.9. The van der Waals surface area contributed by atoms with Crippen LogP contribution in [-0.4, -0.2) is 42.5 Å². The number of amides is 1. The molecule has 0 aliphatic heterocycles. The molecule has 0 aliphatic carbocycles. The van der Waals surface area contributed by atoms with Crippen LogP contribution in [0.5, 0.6) is 0 Å². The van der Waals surface area contributed by atoms with Gasteiger partial charge < -0.3 is 16.0 Å². The summed E-state index contributed by atoms with van der Waals surface area (Å²) in [5.74, 6) is 0.115. The van der Waals surface area contributed by atoms with Gasteiger partial charge >= 0.3 is 0 Å². The summed E-state index contributed by atoms with van der Waals surface area (Å²) in [5, 5.41) is 12.0. The van der Waals surface area contributed by atoms with Crippen LogP contribution in [0.15, 0.2) is 36.9 Å². The number of anilines is 1. The molecule has 0 unspecified atom stereocenters. The molecule has 1 amide bonds. The molecule has 25 heavy (non-hydrogen) atoms. The first-order valence-electron chi connectivity index (χ1n) is 7.61. The Hall–Kier alpha value is -3.62. The van der Waals surface area contributed by atoms with Gasteiger partial charge in [0.2, 0.25) is 0 Å². The van der Waals surface area contributed by atoms with Crippen LogP contribution in [-0.2, 0) is 7.05 Å². The minimum absolute atomic E-state index is 0.219. The summed E-state index contributed by atoms with van der Waals surface area (Å²) < 4.78 is 3.44. The van der Waals surface area contributed by atoms with E-state index in [4.69, 9.17) is 5.73 Å². The van der Waals surface area contributed by atoms with Crippen molar-refractivity contribution in [3.8, 4) is 17.1 Å². The molecule has 0 bridgehead atoms. The number of nitrogens with two attached hydrogens (primary N) is 1. The SMILES string of the molecule is CNC(=O)c1cnc(N)c2[nH]c(-c3ccn(-c4cnn(C)c4)n3)cc12. The highest BCUT2D eigenvalue weighted by Crippen LogP contribution is 2.28. The predicted octanol–water partition coefficient (Wildman–Crippen LogP) is 1.09. The second-order valence-electron chi connectivity index (χ2n) is 5.63. The van der Waals surface area contributed by atoms with E-state index >= 15 is 0 Å². The first-order valence-corrected chi connectivity index (χ1v) is 7.61. The maximum absolute atomic E-state index is 12.0. The van der Waals surface area contributed by atoms with Gasteiger partial charge in [-0.2, -0.15) is 10.2 Å². The highest BCUT2D eigenvalue weighted by molar-refractivity contribution is 6.09. The molecule has 9 heteroatoms. The Kier molecular flexibility index (Phi) is 3.27. The van der Waals surface area contributed by atoms with Crippen molar-refractivity contribution in [3.05, 3.63) is 42.5 Å². The van der Waals surface area contributed by atoms with Crippen molar-refractivity contribution in [2.75, 3.05) is 12.8 Å². The van der Waals surface area contributed by atoms with E-state index in [0.29, 0.717) is 22.3 Å². The summed E-state index contributed by atoms with van der Waals surface area (Å²) in [7, 11) is 3.43. The van der Waals surface area contributed by atoms with Crippen molar-refractivity contribution < 1.29 is 4.79 Å². The van der Waals surface area contributed by atoms with Crippen LogP contribution in [0.1, 0.15) is 10.4 Å². The van der Waals surface area contributed by atoms with Gasteiger partial charge in [0.05, 0.1) is 29.2 Å². The van der Waals surface area contributed by atoms with Crippen molar-refractivity contribution in [2.45, 2.75) is 0 Å². The Labute approximate surface area is 142 Å². The van der Waals surface area contributed by atoms with Crippen molar-refractivity contribution in [3.63, 3.8) is 0 Å². The third kappa shape index (κ3) is 2.42. The molecule has 4 aromatic heterocycles. The highest BCUT2D eigenvalue weighted by atomic mass is 16.1. The number of nitrogens with zero attached hydrogens (tertiary/aromatic N) is 5. The summed E-state index contributed by atoms with van der Waals surface area (Å²) in [6.45, 7) is 0. The zero-order chi connectivity index (χ0) is 17.6. The number of carbonyl (C=O) groups excluding carboxylic acids is 1. The lowest BCUT2D eigenvalue weighted by Gasteiger charge is -2.02. The van der Waals surface area contributed by atoms with Crippen LogP contribution in [0, 0.1) is 0 Å². The molecule has 0 saturated heterocycles. The summed E-state index contributed by atoms with van der Waals surface area (Å²) in [6.07, 6.45) is 6.92. The largest absolute Gasteiger partial charge is 0.382 e. The molecular weight excluding hydrogens is 320 g/mol. The van der Waals surface area contributed by atoms with Gasteiger partial charge in [-0.05, 0) is 12.1 Å². The molecule has 0 fully saturated rings. The quantitative estimate of drug-likeness (QED) is 0.517. The van der Waals surface area contributed by atoms with E-state index in [1.165, 1.54) is 6.20 Å². The Balaban J connectivity index is 1.81. The number of nitrogen functional groups attached to an aromatic ring is 1. The van der Waals surface area contributed by atoms with E-state index in [0.717, 1.165) is 17.1 Å². The molecule has 0 aliphatic rings. The number of carbonyl (C=O) groups is 1. The fourth-order valence-electron chi connectivity index (χ4n) is 2.73. The average Bonchev–Trinajstić information content (AvgIpc) is 3.32. The van der Waals surface area contributed by atoms with Gasteiger partial charge in [-0.15, -0.1) is 0 Å². The lowest BCUT2D eigenvalue weighted by atomic mass is 10.1. The molecule has 4 N–H and O–H groups in total. The molecule has 4 heterocycles. The lowest BCUT2D eigenvalue weighted by molar-refractivity contribution is 0.0964. The summed E-state index contributed by atoms with van der Waals surface area (Å²) in [5.41, 5.74) is 9.36. The predicted molar refractivity (Wildman–Crippen MR) is 93.2 cm³/mol. The molecule has 9 nitrogen and oxygen atoms in total. The van der Waals surface area contributed by atoms with E-state index in [-0.39, 0.29) is 5.91 Å². The molecule has 0 aromatic carbocycles. The van der Waals surface area contributed by atoms with Crippen LogP contribution in [0.2, 0.25) is 0 Å². The first-order chi connectivity index (χ1) is 12.1. The molecular formula is C16H16N8O. The maximum Gasteiger partial charge on any atom is 0.253 e. The van der Waals surface area contributed by atoms with Crippen LogP contribution < -0.4 is 11.1 Å². The number of aryl methyl sites for hydroxylation is 1. The monoisotopic (exact) mass is 336 g/mol. The topological polar surface area (TPSA) is 119 Å². The second kappa shape index (κ2) is 5.48.